The van der Waals surface area contributed by atoms with Crippen molar-refractivity contribution in [2.75, 3.05) is 4.72 Å². The summed E-state index contributed by atoms with van der Waals surface area (Å²) in [5.74, 6) is 0.217. The van der Waals surface area contributed by atoms with Crippen molar-refractivity contribution in [1.82, 2.24) is 4.98 Å². The fraction of sp³-hybridized carbons (Fsp3) is 0. The smallest absolute Gasteiger partial charge is 0.263 e. The molecule has 0 radical (unpaired) electrons. The Morgan fingerprint density at radius 2 is 1.68 bits per heavy atom. The third-order valence-corrected chi connectivity index (χ3v) is 5.37. The first-order valence-corrected chi connectivity index (χ1v) is 8.54. The van der Waals surface area contributed by atoms with E-state index in [1.165, 1.54) is 18.2 Å². The monoisotopic (exact) mass is 352 g/mol. The highest BCUT2D eigenvalue weighted by atomic mass is 35.5. The molecule has 22 heavy (non-hydrogen) atoms. The van der Waals surface area contributed by atoms with Crippen LogP contribution in [0.2, 0.25) is 10.0 Å². The minimum Gasteiger partial charge on any atom is -0.263 e. The van der Waals surface area contributed by atoms with Gasteiger partial charge in [0, 0.05) is 5.39 Å². The number of anilines is 1. The predicted molar refractivity (Wildman–Crippen MR) is 89.0 cm³/mol. The summed E-state index contributed by atoms with van der Waals surface area (Å²) in [5, 5.41) is 1.08. The molecule has 0 aliphatic heterocycles. The number of halogens is 2. The van der Waals surface area contributed by atoms with Gasteiger partial charge in [-0.2, -0.15) is 0 Å². The summed E-state index contributed by atoms with van der Waals surface area (Å²) in [6.45, 7) is 0. The Bertz CT molecular complexity index is 959. The summed E-state index contributed by atoms with van der Waals surface area (Å²) < 4.78 is 27.2. The third-order valence-electron chi connectivity index (χ3n) is 3.04. The van der Waals surface area contributed by atoms with Crippen molar-refractivity contribution in [2.24, 2.45) is 0 Å². The number of nitrogens with zero attached hydrogens (tertiary/aromatic N) is 1. The van der Waals surface area contributed by atoms with Crippen LogP contribution in [0.4, 0.5) is 5.82 Å². The average Bonchev–Trinajstić information content (AvgIpc) is 2.49. The highest BCUT2D eigenvalue weighted by Gasteiger charge is 2.20. The van der Waals surface area contributed by atoms with Gasteiger partial charge in [-0.3, -0.25) is 4.72 Å². The van der Waals surface area contributed by atoms with Gasteiger partial charge in [-0.15, -0.1) is 0 Å². The van der Waals surface area contributed by atoms with E-state index in [9.17, 15) is 8.42 Å². The van der Waals surface area contributed by atoms with Gasteiger partial charge >= 0.3 is 0 Å². The molecular formula is C15H10Cl2N2O2S. The van der Waals surface area contributed by atoms with E-state index in [0.717, 1.165) is 5.39 Å². The maximum Gasteiger partial charge on any atom is 0.264 e. The van der Waals surface area contributed by atoms with Gasteiger partial charge in [-0.05, 0) is 30.3 Å². The summed E-state index contributed by atoms with van der Waals surface area (Å²) in [4.78, 5) is 4.19. The Morgan fingerprint density at radius 3 is 2.50 bits per heavy atom. The zero-order valence-corrected chi connectivity index (χ0v) is 13.5. The van der Waals surface area contributed by atoms with Gasteiger partial charge in [0.15, 0.2) is 0 Å². The van der Waals surface area contributed by atoms with Gasteiger partial charge in [0.2, 0.25) is 0 Å². The maximum absolute atomic E-state index is 12.4. The van der Waals surface area contributed by atoms with Crippen LogP contribution in [-0.4, -0.2) is 13.4 Å². The summed E-state index contributed by atoms with van der Waals surface area (Å²) in [7, 11) is -3.86. The predicted octanol–water partition coefficient (Wildman–Crippen LogP) is 4.34. The van der Waals surface area contributed by atoms with Gasteiger partial charge in [-0.1, -0.05) is 47.5 Å². The molecule has 4 nitrogen and oxygen atoms in total. The zero-order chi connectivity index (χ0) is 15.7. The van der Waals surface area contributed by atoms with Gasteiger partial charge in [0.05, 0.1) is 15.6 Å². The van der Waals surface area contributed by atoms with Crippen LogP contribution >= 0.6 is 23.2 Å². The number of rotatable bonds is 3. The molecule has 0 saturated heterocycles. The molecule has 2 aromatic carbocycles. The molecule has 3 aromatic rings. The standard InChI is InChI=1S/C15H10Cl2N2O2S/c16-11-5-3-7-13(15(11)17)22(20,21)19-14-9-8-10-4-1-2-6-12(10)18-14/h1-9H,(H,18,19). The molecule has 7 heteroatoms. The Hall–Kier alpha value is -1.82. The minimum atomic E-state index is -3.86. The van der Waals surface area contributed by atoms with Gasteiger partial charge in [0.1, 0.15) is 10.7 Å². The van der Waals surface area contributed by atoms with Crippen LogP contribution in [0.15, 0.2) is 59.5 Å². The Balaban J connectivity index is 2.01. The summed E-state index contributed by atoms with van der Waals surface area (Å²) >= 11 is 11.8. The molecule has 0 atom stereocenters. The average molecular weight is 353 g/mol. The minimum absolute atomic E-state index is 0.0162. The molecule has 1 N–H and O–H groups in total. The SMILES string of the molecule is O=S(=O)(Nc1ccc2ccccc2n1)c1cccc(Cl)c1Cl. The fourth-order valence-electron chi connectivity index (χ4n) is 2.01. The van der Waals surface area contributed by atoms with Crippen LogP contribution in [0.1, 0.15) is 0 Å². The Labute approximate surface area is 137 Å². The second-order valence-corrected chi connectivity index (χ2v) is 6.98. The van der Waals surface area contributed by atoms with E-state index in [4.69, 9.17) is 23.2 Å². The molecule has 112 valence electrons. The first-order chi connectivity index (χ1) is 10.5. The number of benzene rings is 2. The molecule has 1 heterocycles. The van der Waals surface area contributed by atoms with Crippen LogP contribution < -0.4 is 4.72 Å². The van der Waals surface area contributed by atoms with E-state index in [2.05, 4.69) is 9.71 Å². The Morgan fingerprint density at radius 1 is 0.909 bits per heavy atom. The van der Waals surface area contributed by atoms with Crippen molar-refractivity contribution in [3.63, 3.8) is 0 Å². The number of fused-ring (bicyclic) bond motifs is 1. The van der Waals surface area contributed by atoms with E-state index in [0.29, 0.717) is 5.52 Å². The number of nitrogens with one attached hydrogen (secondary N) is 1. The van der Waals surface area contributed by atoms with E-state index in [-0.39, 0.29) is 20.8 Å². The lowest BCUT2D eigenvalue weighted by molar-refractivity contribution is 0.601. The van der Waals surface area contributed by atoms with Gasteiger partial charge < -0.3 is 0 Å². The van der Waals surface area contributed by atoms with Gasteiger partial charge in [0.25, 0.3) is 10.0 Å². The van der Waals surface area contributed by atoms with E-state index < -0.39 is 10.0 Å². The largest absolute Gasteiger partial charge is 0.264 e. The van der Waals surface area contributed by atoms with Crippen molar-refractivity contribution in [2.45, 2.75) is 4.90 Å². The van der Waals surface area contributed by atoms with Crippen molar-refractivity contribution in [3.05, 3.63) is 64.6 Å². The summed E-state index contributed by atoms with van der Waals surface area (Å²) in [6, 6.07) is 15.2. The molecule has 1 aromatic heterocycles. The highest BCUT2D eigenvalue weighted by Crippen LogP contribution is 2.30. The second kappa shape index (κ2) is 5.76. The van der Waals surface area contributed by atoms with Gasteiger partial charge in [-0.25, -0.2) is 13.4 Å². The molecule has 0 spiro atoms. The van der Waals surface area contributed by atoms with E-state index in [1.807, 2.05) is 18.2 Å². The fourth-order valence-corrected chi connectivity index (χ4v) is 3.77. The molecule has 0 aliphatic carbocycles. The van der Waals surface area contributed by atoms with E-state index >= 15 is 0 Å². The second-order valence-electron chi connectivity index (χ2n) is 4.55. The van der Waals surface area contributed by atoms with Crippen LogP contribution in [-0.2, 0) is 10.0 Å². The molecule has 0 bridgehead atoms. The molecular weight excluding hydrogens is 343 g/mol. The lowest BCUT2D eigenvalue weighted by atomic mass is 10.2. The van der Waals surface area contributed by atoms with Crippen molar-refractivity contribution < 1.29 is 8.42 Å². The maximum atomic E-state index is 12.4. The number of aromatic nitrogens is 1. The molecule has 0 unspecified atom stereocenters. The first kappa shape index (κ1) is 15.1. The van der Waals surface area contributed by atoms with E-state index in [1.54, 1.807) is 18.2 Å². The molecule has 0 aliphatic rings. The number of hydrogen-bond donors (Lipinski definition) is 1. The topological polar surface area (TPSA) is 59.1 Å². The van der Waals surface area contributed by atoms with Crippen LogP contribution in [0.3, 0.4) is 0 Å². The third kappa shape index (κ3) is 2.88. The Kier molecular flexibility index (Phi) is 3.95. The van der Waals surface area contributed by atoms with Crippen molar-refractivity contribution >= 4 is 49.9 Å². The number of pyridine rings is 1. The van der Waals surface area contributed by atoms with Crippen LogP contribution in [0, 0.1) is 0 Å². The number of hydrogen-bond acceptors (Lipinski definition) is 3. The number of para-hydroxylation sites is 1. The van der Waals surface area contributed by atoms with Crippen molar-refractivity contribution in [3.8, 4) is 0 Å². The number of sulfonamides is 1. The zero-order valence-electron chi connectivity index (χ0n) is 11.1. The molecule has 0 amide bonds. The molecule has 3 rings (SSSR count). The van der Waals surface area contributed by atoms with Crippen molar-refractivity contribution in [1.29, 1.82) is 0 Å². The highest BCUT2D eigenvalue weighted by molar-refractivity contribution is 7.92. The van der Waals surface area contributed by atoms with Crippen LogP contribution in [0.25, 0.3) is 10.9 Å². The summed E-state index contributed by atoms with van der Waals surface area (Å²) in [5.41, 5.74) is 0.694. The normalized spacial score (nSPS) is 11.5. The van der Waals surface area contributed by atoms with Crippen LogP contribution in [0.5, 0.6) is 0 Å². The lowest BCUT2D eigenvalue weighted by Crippen LogP contribution is -2.14. The lowest BCUT2D eigenvalue weighted by Gasteiger charge is -2.10. The quantitative estimate of drug-likeness (QED) is 0.762. The molecule has 0 saturated carbocycles. The molecule has 0 fully saturated rings. The summed E-state index contributed by atoms with van der Waals surface area (Å²) in [6.07, 6.45) is 0. The first-order valence-electron chi connectivity index (χ1n) is 6.30.